The zero-order valence-corrected chi connectivity index (χ0v) is 14.8. The Morgan fingerprint density at radius 1 is 1.18 bits per heavy atom. The third kappa shape index (κ3) is 5.10. The van der Waals surface area contributed by atoms with Crippen molar-refractivity contribution in [1.29, 1.82) is 0 Å². The van der Waals surface area contributed by atoms with Gasteiger partial charge in [0.25, 0.3) is 0 Å². The van der Waals surface area contributed by atoms with Crippen LogP contribution in [0.5, 0.6) is 0 Å². The number of ether oxygens (including phenoxy) is 1. The maximum atomic E-state index is 10.4. The summed E-state index contributed by atoms with van der Waals surface area (Å²) in [6.45, 7) is 13.8. The van der Waals surface area contributed by atoms with Gasteiger partial charge in [0.1, 0.15) is 0 Å². The lowest BCUT2D eigenvalue weighted by molar-refractivity contribution is -0.207. The standard InChI is InChI=1S/C14H32O2Si/c1-11(2)10-14(6,13(3,4)5)12(15)16-8-7-9-17/h11-12,15H,7-10H2,1-6,17H3. The molecular weight excluding hydrogens is 228 g/mol. The lowest BCUT2D eigenvalue weighted by Crippen LogP contribution is -2.45. The molecule has 0 amide bonds. The molecule has 0 saturated heterocycles. The average molecular weight is 260 g/mol. The van der Waals surface area contributed by atoms with Crippen molar-refractivity contribution in [3.05, 3.63) is 0 Å². The van der Waals surface area contributed by atoms with E-state index in [2.05, 4.69) is 41.5 Å². The Bertz CT molecular complexity index is 211. The number of rotatable bonds is 7. The van der Waals surface area contributed by atoms with E-state index >= 15 is 0 Å². The molecule has 17 heavy (non-hydrogen) atoms. The maximum absolute atomic E-state index is 10.4. The van der Waals surface area contributed by atoms with Crippen LogP contribution in [0.2, 0.25) is 6.04 Å². The summed E-state index contributed by atoms with van der Waals surface area (Å²) in [6, 6.07) is 1.24. The average Bonchev–Trinajstić information content (AvgIpc) is 2.15. The van der Waals surface area contributed by atoms with E-state index in [-0.39, 0.29) is 10.8 Å². The second-order valence-electron chi connectivity index (χ2n) is 6.84. The molecule has 104 valence electrons. The molecule has 0 rings (SSSR count). The lowest BCUT2D eigenvalue weighted by Gasteiger charge is -2.46. The minimum Gasteiger partial charge on any atom is -0.367 e. The highest BCUT2D eigenvalue weighted by molar-refractivity contribution is 6.08. The smallest absolute Gasteiger partial charge is 0.160 e. The molecule has 0 radical (unpaired) electrons. The predicted molar refractivity (Wildman–Crippen MR) is 78.3 cm³/mol. The molecule has 0 bridgehead atoms. The van der Waals surface area contributed by atoms with E-state index in [1.165, 1.54) is 16.3 Å². The van der Waals surface area contributed by atoms with Gasteiger partial charge in [-0.15, -0.1) is 0 Å². The Labute approximate surface area is 111 Å². The van der Waals surface area contributed by atoms with Gasteiger partial charge in [-0.1, -0.05) is 47.6 Å². The SMILES string of the molecule is CC(C)CC(C)(C(O)OCCC[SiH3])C(C)(C)C. The second kappa shape index (κ2) is 6.91. The Balaban J connectivity index is 4.68. The second-order valence-corrected chi connectivity index (χ2v) is 7.84. The lowest BCUT2D eigenvalue weighted by atomic mass is 9.63. The van der Waals surface area contributed by atoms with Crippen LogP contribution in [-0.4, -0.2) is 28.2 Å². The van der Waals surface area contributed by atoms with Gasteiger partial charge in [0.15, 0.2) is 6.29 Å². The van der Waals surface area contributed by atoms with Gasteiger partial charge in [-0.3, -0.25) is 0 Å². The molecule has 1 N–H and O–H groups in total. The van der Waals surface area contributed by atoms with Crippen LogP contribution in [0.4, 0.5) is 0 Å². The van der Waals surface area contributed by atoms with Gasteiger partial charge in [0, 0.05) is 22.3 Å². The summed E-state index contributed by atoms with van der Waals surface area (Å²) < 4.78 is 5.65. The van der Waals surface area contributed by atoms with E-state index in [0.29, 0.717) is 12.5 Å². The molecule has 0 aliphatic heterocycles. The molecule has 0 fully saturated rings. The molecular formula is C14H32O2Si. The Kier molecular flexibility index (Phi) is 6.96. The number of aliphatic hydroxyl groups excluding tert-OH is 1. The summed E-state index contributed by atoms with van der Waals surface area (Å²) in [5, 5.41) is 10.4. The summed E-state index contributed by atoms with van der Waals surface area (Å²) in [5.41, 5.74) is -0.149. The highest BCUT2D eigenvalue weighted by Gasteiger charge is 2.44. The highest BCUT2D eigenvalue weighted by atomic mass is 28.1. The van der Waals surface area contributed by atoms with Crippen molar-refractivity contribution in [3.8, 4) is 0 Å². The van der Waals surface area contributed by atoms with Crippen molar-refractivity contribution in [2.24, 2.45) is 16.7 Å². The molecule has 0 aliphatic carbocycles. The normalized spacial score (nSPS) is 18.4. The molecule has 0 aromatic carbocycles. The van der Waals surface area contributed by atoms with Crippen molar-refractivity contribution in [2.75, 3.05) is 6.61 Å². The fraction of sp³-hybridized carbons (Fsp3) is 1.00. The summed E-state index contributed by atoms with van der Waals surface area (Å²) in [6.07, 6.45) is 1.40. The molecule has 2 nitrogen and oxygen atoms in total. The van der Waals surface area contributed by atoms with Gasteiger partial charge < -0.3 is 9.84 Å². The Morgan fingerprint density at radius 3 is 2.06 bits per heavy atom. The van der Waals surface area contributed by atoms with Gasteiger partial charge in [-0.2, -0.15) is 0 Å². The maximum Gasteiger partial charge on any atom is 0.160 e. The van der Waals surface area contributed by atoms with Crippen LogP contribution in [0.3, 0.4) is 0 Å². The third-order valence-corrected chi connectivity index (χ3v) is 4.57. The fourth-order valence-corrected chi connectivity index (χ4v) is 2.44. The Hall–Kier alpha value is 0.137. The minimum atomic E-state index is -0.655. The molecule has 3 heteroatoms. The minimum absolute atomic E-state index is 0.0393. The van der Waals surface area contributed by atoms with Gasteiger partial charge >= 0.3 is 0 Å². The first kappa shape index (κ1) is 17.1. The molecule has 0 heterocycles. The van der Waals surface area contributed by atoms with Crippen LogP contribution in [0.1, 0.15) is 54.4 Å². The van der Waals surface area contributed by atoms with Crippen LogP contribution in [0, 0.1) is 16.7 Å². The van der Waals surface area contributed by atoms with Crippen LogP contribution in [0.25, 0.3) is 0 Å². The van der Waals surface area contributed by atoms with Crippen LogP contribution < -0.4 is 0 Å². The zero-order chi connectivity index (χ0) is 13.7. The van der Waals surface area contributed by atoms with E-state index in [9.17, 15) is 5.11 Å². The van der Waals surface area contributed by atoms with Crippen molar-refractivity contribution < 1.29 is 9.84 Å². The van der Waals surface area contributed by atoms with Gasteiger partial charge in [-0.25, -0.2) is 0 Å². The largest absolute Gasteiger partial charge is 0.367 e. The van der Waals surface area contributed by atoms with E-state index in [1.807, 2.05) is 0 Å². The van der Waals surface area contributed by atoms with Gasteiger partial charge in [-0.05, 0) is 24.2 Å². The molecule has 0 aromatic heterocycles. The van der Waals surface area contributed by atoms with Crippen LogP contribution >= 0.6 is 0 Å². The van der Waals surface area contributed by atoms with Gasteiger partial charge in [0.05, 0.1) is 0 Å². The fourth-order valence-electron chi connectivity index (χ4n) is 2.15. The van der Waals surface area contributed by atoms with E-state index in [0.717, 1.165) is 12.8 Å². The van der Waals surface area contributed by atoms with Crippen LogP contribution in [0.15, 0.2) is 0 Å². The number of hydrogen-bond acceptors (Lipinski definition) is 2. The van der Waals surface area contributed by atoms with Crippen molar-refractivity contribution >= 4 is 10.2 Å². The molecule has 0 saturated carbocycles. The molecule has 2 unspecified atom stereocenters. The van der Waals surface area contributed by atoms with E-state index in [4.69, 9.17) is 4.74 Å². The monoisotopic (exact) mass is 260 g/mol. The number of hydrogen-bond donors (Lipinski definition) is 1. The summed E-state index contributed by atoms with van der Waals surface area (Å²) in [4.78, 5) is 0. The first-order valence-corrected chi connectivity index (χ1v) is 8.36. The zero-order valence-electron chi connectivity index (χ0n) is 12.8. The quantitative estimate of drug-likeness (QED) is 0.433. The summed E-state index contributed by atoms with van der Waals surface area (Å²) >= 11 is 0. The van der Waals surface area contributed by atoms with Crippen LogP contribution in [-0.2, 0) is 4.74 Å². The highest BCUT2D eigenvalue weighted by Crippen LogP contribution is 2.46. The number of aliphatic hydroxyl groups is 1. The summed E-state index contributed by atoms with van der Waals surface area (Å²) in [5.74, 6) is 0.566. The summed E-state index contributed by atoms with van der Waals surface area (Å²) in [7, 11) is 1.22. The first-order valence-electron chi connectivity index (χ1n) is 6.94. The third-order valence-electron chi connectivity index (χ3n) is 3.86. The molecule has 0 aliphatic rings. The molecule has 2 atom stereocenters. The first-order chi connectivity index (χ1) is 7.65. The van der Waals surface area contributed by atoms with Crippen molar-refractivity contribution in [3.63, 3.8) is 0 Å². The topological polar surface area (TPSA) is 29.5 Å². The molecule has 0 spiro atoms. The Morgan fingerprint density at radius 2 is 1.71 bits per heavy atom. The van der Waals surface area contributed by atoms with E-state index in [1.54, 1.807) is 0 Å². The molecule has 0 aromatic rings. The van der Waals surface area contributed by atoms with Gasteiger partial charge in [0.2, 0.25) is 0 Å². The predicted octanol–water partition coefficient (Wildman–Crippen LogP) is 2.59. The van der Waals surface area contributed by atoms with E-state index < -0.39 is 6.29 Å². The van der Waals surface area contributed by atoms with Crippen molar-refractivity contribution in [1.82, 2.24) is 0 Å². The van der Waals surface area contributed by atoms with Crippen molar-refractivity contribution in [2.45, 2.75) is 66.7 Å².